The molecule has 12 aromatic carbocycles. The van der Waals surface area contributed by atoms with Gasteiger partial charge in [-0.3, -0.25) is 0 Å². The highest BCUT2D eigenvalue weighted by Gasteiger charge is 2.23. The number of para-hydroxylation sites is 9. The average molecular weight is 1350 g/mol. The van der Waals surface area contributed by atoms with Gasteiger partial charge in [0.2, 0.25) is 0 Å². The molecule has 6 aliphatic rings. The third-order valence-electron chi connectivity index (χ3n) is 18.6. The van der Waals surface area contributed by atoms with Gasteiger partial charge >= 0.3 is 0 Å². The Labute approximate surface area is 602 Å². The summed E-state index contributed by atoms with van der Waals surface area (Å²) in [6.45, 7) is 20.0. The standard InChI is InChI=1S/2C16H17NO.2C15H15NO.2C14H13NO/c1-12-7-8-15(13(2)9-12)17-10-14-5-3-4-6-16(14)18-11-17;1-2-13-7-3-5-9-15(13)17-11-14-8-4-6-10-16(14)18-12-17;2*1-12-5-4-7-14(9-12)16-10-13-6-2-3-8-15(13)17-11-16;2*1-2-7-13(8-3-1)15-10-12-6-4-5-9-14(12)16-11-15/h3-9H,10-11H2,1-2H3;3-10H,2,11-12H2,1H3;2*2-9H,10-11H2,1H3;2*1-9H,10-11H2. The van der Waals surface area contributed by atoms with Crippen molar-refractivity contribution in [1.82, 2.24) is 0 Å². The van der Waals surface area contributed by atoms with Gasteiger partial charge in [0.15, 0.2) is 40.4 Å². The van der Waals surface area contributed by atoms with E-state index >= 15 is 0 Å². The van der Waals surface area contributed by atoms with Crippen molar-refractivity contribution in [3.05, 3.63) is 358 Å². The maximum atomic E-state index is 5.82. The van der Waals surface area contributed by atoms with Crippen LogP contribution in [0, 0.1) is 27.7 Å². The van der Waals surface area contributed by atoms with Crippen molar-refractivity contribution in [1.29, 1.82) is 0 Å². The summed E-state index contributed by atoms with van der Waals surface area (Å²) in [4.78, 5) is 13.5. The Balaban J connectivity index is 0.000000109. The summed E-state index contributed by atoms with van der Waals surface area (Å²) in [7, 11) is 0. The largest absolute Gasteiger partial charge is 0.473 e. The molecule has 0 aliphatic carbocycles. The normalized spacial score (nSPS) is 14.0. The van der Waals surface area contributed by atoms with Gasteiger partial charge in [-0.2, -0.15) is 0 Å². The number of benzene rings is 12. The van der Waals surface area contributed by atoms with E-state index in [4.69, 9.17) is 28.4 Å². The molecule has 0 fully saturated rings. The van der Waals surface area contributed by atoms with Crippen LogP contribution in [-0.2, 0) is 45.7 Å². The van der Waals surface area contributed by atoms with Crippen LogP contribution < -0.4 is 57.8 Å². The summed E-state index contributed by atoms with van der Waals surface area (Å²) in [5.74, 6) is 6.07. The molecule has 18 rings (SSSR count). The van der Waals surface area contributed by atoms with E-state index in [2.05, 4.69) is 276 Å². The molecule has 12 heteroatoms. The molecule has 0 spiro atoms. The Kier molecular flexibility index (Phi) is 22.8. The Bertz CT molecular complexity index is 4490. The molecule has 6 aliphatic heterocycles. The molecule has 0 saturated heterocycles. The highest BCUT2D eigenvalue weighted by atomic mass is 16.5. The van der Waals surface area contributed by atoms with Gasteiger partial charge in [-0.25, -0.2) is 0 Å². The van der Waals surface area contributed by atoms with Crippen molar-refractivity contribution in [2.45, 2.75) is 80.3 Å². The highest BCUT2D eigenvalue weighted by molar-refractivity contribution is 5.59. The lowest BCUT2D eigenvalue weighted by molar-refractivity contribution is 0.289. The van der Waals surface area contributed by atoms with Crippen LogP contribution in [0.3, 0.4) is 0 Å². The number of anilines is 6. The molecule has 0 aromatic heterocycles. The molecule has 12 aromatic rings. The van der Waals surface area contributed by atoms with Crippen LogP contribution in [-0.4, -0.2) is 40.4 Å². The fourth-order valence-corrected chi connectivity index (χ4v) is 13.2. The first kappa shape index (κ1) is 68.8. The highest BCUT2D eigenvalue weighted by Crippen LogP contribution is 2.35. The molecule has 0 atom stereocenters. The molecular weight excluding hydrogens is 1260 g/mol. The number of rotatable bonds is 7. The monoisotopic (exact) mass is 1350 g/mol. The Morgan fingerprint density at radius 1 is 0.235 bits per heavy atom. The minimum absolute atomic E-state index is 0.625. The summed E-state index contributed by atoms with van der Waals surface area (Å²) in [5.41, 5.74) is 21.4. The van der Waals surface area contributed by atoms with E-state index in [-0.39, 0.29) is 0 Å². The zero-order chi connectivity index (χ0) is 69.8. The number of hydrogen-bond acceptors (Lipinski definition) is 12. The third kappa shape index (κ3) is 17.8. The van der Waals surface area contributed by atoms with Gasteiger partial charge in [0.1, 0.15) is 34.5 Å². The van der Waals surface area contributed by atoms with Gasteiger partial charge in [-0.05, 0) is 153 Å². The lowest BCUT2D eigenvalue weighted by atomic mass is 10.1. The topological polar surface area (TPSA) is 74.8 Å². The summed E-state index contributed by atoms with van der Waals surface area (Å²) < 4.78 is 34.6. The zero-order valence-corrected chi connectivity index (χ0v) is 59.1. The molecule has 6 heterocycles. The fourth-order valence-electron chi connectivity index (χ4n) is 13.2. The Morgan fingerprint density at radius 2 is 0.510 bits per heavy atom. The molecular formula is C90H90N6O6. The van der Waals surface area contributed by atoms with Gasteiger partial charge in [-0.1, -0.05) is 213 Å². The summed E-state index contributed by atoms with van der Waals surface area (Å²) >= 11 is 0. The first-order chi connectivity index (χ1) is 50.1. The van der Waals surface area contributed by atoms with Crippen LogP contribution in [0.2, 0.25) is 0 Å². The van der Waals surface area contributed by atoms with Crippen molar-refractivity contribution < 1.29 is 28.4 Å². The van der Waals surface area contributed by atoms with E-state index in [0.29, 0.717) is 40.4 Å². The molecule has 0 N–H and O–H groups in total. The molecule has 0 amide bonds. The zero-order valence-electron chi connectivity index (χ0n) is 59.1. The quantitative estimate of drug-likeness (QED) is 0.153. The van der Waals surface area contributed by atoms with Gasteiger partial charge in [-0.15, -0.1) is 0 Å². The molecule has 0 unspecified atom stereocenters. The summed E-state index contributed by atoms with van der Waals surface area (Å²) in [6.07, 6.45) is 1.05. The van der Waals surface area contributed by atoms with E-state index in [1.165, 1.54) is 95.3 Å². The number of nitrogens with zero attached hydrogens (tertiary/aromatic N) is 6. The SMILES string of the molecule is CCc1ccccc1N1COc2ccccc2C1.Cc1ccc(N2COc3ccccc3C2)c(C)c1.Cc1cccc(N2COc3ccccc3C2)c1.Cc1cccc(N2COc3ccccc3C2)c1.c1ccc(N2COc3ccccc3C2)cc1.c1ccc(N2COc3ccccc3C2)cc1. The average Bonchev–Trinajstić information content (AvgIpc) is 0.851. The van der Waals surface area contributed by atoms with Crippen LogP contribution in [0.5, 0.6) is 34.5 Å². The summed E-state index contributed by atoms with van der Waals surface area (Å²) in [5, 5.41) is 0. The van der Waals surface area contributed by atoms with E-state index in [1.54, 1.807) is 0 Å². The fraction of sp³-hybridized carbons (Fsp3) is 0.200. The minimum atomic E-state index is 0.625. The van der Waals surface area contributed by atoms with Crippen molar-refractivity contribution in [2.75, 3.05) is 69.8 Å². The smallest absolute Gasteiger partial charge is 0.161 e. The van der Waals surface area contributed by atoms with Crippen molar-refractivity contribution in [3.8, 4) is 34.5 Å². The first-order valence-corrected chi connectivity index (χ1v) is 35.3. The van der Waals surface area contributed by atoms with Crippen LogP contribution in [0.1, 0.15) is 68.1 Å². The van der Waals surface area contributed by atoms with Gasteiger partial charge in [0.25, 0.3) is 0 Å². The van der Waals surface area contributed by atoms with Crippen molar-refractivity contribution in [2.24, 2.45) is 0 Å². The van der Waals surface area contributed by atoms with Crippen LogP contribution in [0.25, 0.3) is 0 Å². The van der Waals surface area contributed by atoms with E-state index in [1.807, 2.05) is 84.9 Å². The van der Waals surface area contributed by atoms with Gasteiger partial charge < -0.3 is 57.8 Å². The second-order valence-electron chi connectivity index (χ2n) is 26.1. The minimum Gasteiger partial charge on any atom is -0.473 e. The van der Waals surface area contributed by atoms with Crippen molar-refractivity contribution in [3.63, 3.8) is 0 Å². The maximum absolute atomic E-state index is 5.82. The maximum Gasteiger partial charge on any atom is 0.161 e. The molecule has 0 radical (unpaired) electrons. The lowest BCUT2D eigenvalue weighted by Crippen LogP contribution is -2.32. The van der Waals surface area contributed by atoms with Gasteiger partial charge in [0.05, 0.1) is 0 Å². The number of hydrogen-bond donors (Lipinski definition) is 0. The molecule has 0 saturated carbocycles. The van der Waals surface area contributed by atoms with Crippen LogP contribution in [0.4, 0.5) is 34.1 Å². The predicted octanol–water partition coefficient (Wildman–Crippen LogP) is 20.1. The van der Waals surface area contributed by atoms with E-state index < -0.39 is 0 Å². The Morgan fingerprint density at radius 3 is 0.853 bits per heavy atom. The van der Waals surface area contributed by atoms with Crippen LogP contribution in [0.15, 0.2) is 297 Å². The third-order valence-corrected chi connectivity index (χ3v) is 18.6. The second-order valence-corrected chi connectivity index (χ2v) is 26.1. The van der Waals surface area contributed by atoms with E-state index in [9.17, 15) is 0 Å². The van der Waals surface area contributed by atoms with Crippen LogP contribution >= 0.6 is 0 Å². The molecule has 102 heavy (non-hydrogen) atoms. The predicted molar refractivity (Wildman–Crippen MR) is 416 cm³/mol. The van der Waals surface area contributed by atoms with E-state index in [0.717, 1.165) is 80.2 Å². The summed E-state index contributed by atoms with van der Waals surface area (Å²) in [6, 6.07) is 102. The second kappa shape index (κ2) is 33.9. The lowest BCUT2D eigenvalue weighted by Gasteiger charge is -2.32. The molecule has 516 valence electrons. The Hall–Kier alpha value is -11.8. The number of fused-ring (bicyclic) bond motifs is 6. The van der Waals surface area contributed by atoms with Crippen molar-refractivity contribution >= 4 is 34.1 Å². The number of ether oxygens (including phenoxy) is 6. The number of aryl methyl sites for hydroxylation is 5. The van der Waals surface area contributed by atoms with Gasteiger partial charge in [0, 0.05) is 107 Å². The molecule has 12 nitrogen and oxygen atoms in total. The molecule has 0 bridgehead atoms. The first-order valence-electron chi connectivity index (χ1n) is 35.3.